The fourth-order valence-electron chi connectivity index (χ4n) is 2.93. The Labute approximate surface area is 169 Å². The van der Waals surface area contributed by atoms with E-state index in [1.165, 1.54) is 19.5 Å². The van der Waals surface area contributed by atoms with Crippen LogP contribution in [0.25, 0.3) is 0 Å². The van der Waals surface area contributed by atoms with E-state index in [0.717, 1.165) is 5.56 Å². The minimum absolute atomic E-state index is 0.0329. The molecule has 0 saturated carbocycles. The van der Waals surface area contributed by atoms with Gasteiger partial charge in [0.1, 0.15) is 6.04 Å². The summed E-state index contributed by atoms with van der Waals surface area (Å²) in [7, 11) is 1.44. The van der Waals surface area contributed by atoms with E-state index in [-0.39, 0.29) is 18.8 Å². The molecule has 0 aliphatic heterocycles. The third-order valence-corrected chi connectivity index (χ3v) is 4.81. The van der Waals surface area contributed by atoms with E-state index >= 15 is 0 Å². The summed E-state index contributed by atoms with van der Waals surface area (Å²) in [4.78, 5) is 37.0. The van der Waals surface area contributed by atoms with E-state index in [2.05, 4.69) is 10.6 Å². The lowest BCUT2D eigenvalue weighted by Crippen LogP contribution is -2.60. The van der Waals surface area contributed by atoms with Crippen molar-refractivity contribution in [2.45, 2.75) is 45.3 Å². The van der Waals surface area contributed by atoms with E-state index < -0.39 is 35.3 Å². The lowest BCUT2D eigenvalue weighted by molar-refractivity contribution is -0.159. The zero-order valence-corrected chi connectivity index (χ0v) is 17.2. The first kappa shape index (κ1) is 23.9. The number of amides is 3. The van der Waals surface area contributed by atoms with Gasteiger partial charge in [-0.1, -0.05) is 44.5 Å². The number of hydrogen-bond donors (Lipinski definition) is 5. The fraction of sp³-hybridized carbons (Fsp3) is 0.526. The van der Waals surface area contributed by atoms with Crippen LogP contribution in [0.3, 0.4) is 0 Å². The molecule has 1 aromatic carbocycles. The molecule has 3 amide bonds. The van der Waals surface area contributed by atoms with Crippen molar-refractivity contribution in [3.63, 3.8) is 0 Å². The average Bonchev–Trinajstić information content (AvgIpc) is 2.66. The highest BCUT2D eigenvalue weighted by molar-refractivity contribution is 6.30. The quantitative estimate of drug-likeness (QED) is 0.305. The Bertz CT molecular complexity index is 695. The molecular formula is C19H28ClN3O5. The van der Waals surface area contributed by atoms with Gasteiger partial charge in [-0.15, -0.1) is 0 Å². The molecule has 8 nitrogen and oxygen atoms in total. The first-order chi connectivity index (χ1) is 13.0. The van der Waals surface area contributed by atoms with Crippen molar-refractivity contribution in [3.8, 4) is 0 Å². The van der Waals surface area contributed by atoms with Gasteiger partial charge in [-0.2, -0.15) is 0 Å². The smallest absolute Gasteiger partial charge is 0.253 e. The minimum Gasteiger partial charge on any atom is -0.379 e. The summed E-state index contributed by atoms with van der Waals surface area (Å²) in [6.07, 6.45) is 0.135. The van der Waals surface area contributed by atoms with Crippen LogP contribution in [-0.4, -0.2) is 46.7 Å². The predicted molar refractivity (Wildman–Crippen MR) is 105 cm³/mol. The normalized spacial score (nSPS) is 15.3. The molecule has 156 valence electrons. The van der Waals surface area contributed by atoms with Crippen molar-refractivity contribution in [2.24, 2.45) is 11.8 Å². The second kappa shape index (κ2) is 10.4. The first-order valence-electron chi connectivity index (χ1n) is 8.98. The second-order valence-electron chi connectivity index (χ2n) is 7.19. The number of carbonyl (C=O) groups excluding carboxylic acids is 3. The van der Waals surface area contributed by atoms with Crippen LogP contribution >= 0.6 is 11.6 Å². The van der Waals surface area contributed by atoms with Crippen LogP contribution in [0.1, 0.15) is 32.8 Å². The standard InChI is InChI=1S/C19H28ClN3O5/c1-11(2)10-19(27,12(3)16(24)23-28)18(26)22-15(17(25)21-4)9-13-5-7-14(20)8-6-13/h5-8,11-12,15,27-28H,9-10H2,1-4H3,(H,21,25)(H,22,26)(H,23,24)/t12?,15-,19-/m0/s1. The fourth-order valence-corrected chi connectivity index (χ4v) is 3.05. The van der Waals surface area contributed by atoms with Crippen LogP contribution in [0, 0.1) is 11.8 Å². The zero-order valence-electron chi connectivity index (χ0n) is 16.5. The molecule has 0 aromatic heterocycles. The zero-order chi connectivity index (χ0) is 21.5. The van der Waals surface area contributed by atoms with Crippen LogP contribution in [-0.2, 0) is 20.8 Å². The molecular weight excluding hydrogens is 386 g/mol. The van der Waals surface area contributed by atoms with Gasteiger partial charge in [0.15, 0.2) is 5.60 Å². The van der Waals surface area contributed by atoms with Crippen LogP contribution in [0.2, 0.25) is 5.02 Å². The summed E-state index contributed by atoms with van der Waals surface area (Å²) < 4.78 is 0. The largest absolute Gasteiger partial charge is 0.379 e. The first-order valence-corrected chi connectivity index (χ1v) is 9.36. The van der Waals surface area contributed by atoms with E-state index in [9.17, 15) is 19.5 Å². The Hall–Kier alpha value is -2.16. The summed E-state index contributed by atoms with van der Waals surface area (Å²) in [5, 5.41) is 25.4. The second-order valence-corrected chi connectivity index (χ2v) is 7.63. The Balaban J connectivity index is 3.11. The molecule has 0 aliphatic carbocycles. The molecule has 0 fully saturated rings. The Morgan fingerprint density at radius 3 is 2.14 bits per heavy atom. The van der Waals surface area contributed by atoms with E-state index in [4.69, 9.17) is 16.8 Å². The van der Waals surface area contributed by atoms with Crippen LogP contribution in [0.5, 0.6) is 0 Å². The maximum Gasteiger partial charge on any atom is 0.253 e. The van der Waals surface area contributed by atoms with Crippen LogP contribution < -0.4 is 16.1 Å². The van der Waals surface area contributed by atoms with Crippen molar-refractivity contribution in [1.82, 2.24) is 16.1 Å². The molecule has 28 heavy (non-hydrogen) atoms. The Kier molecular flexibility index (Phi) is 8.87. The lowest BCUT2D eigenvalue weighted by Gasteiger charge is -2.34. The maximum absolute atomic E-state index is 12.9. The van der Waals surface area contributed by atoms with Crippen molar-refractivity contribution in [1.29, 1.82) is 0 Å². The molecule has 0 bridgehead atoms. The number of benzene rings is 1. The summed E-state index contributed by atoms with van der Waals surface area (Å²) in [5.74, 6) is -3.57. The molecule has 1 unspecified atom stereocenters. The van der Waals surface area contributed by atoms with Crippen molar-refractivity contribution >= 4 is 29.3 Å². The SMILES string of the molecule is CNC(=O)[C@H](Cc1ccc(Cl)cc1)NC(=O)[C@](O)(CC(C)C)C(C)C(=O)NO. The molecule has 3 atom stereocenters. The Morgan fingerprint density at radius 2 is 1.68 bits per heavy atom. The van der Waals surface area contributed by atoms with Crippen molar-refractivity contribution in [3.05, 3.63) is 34.9 Å². The molecule has 9 heteroatoms. The monoisotopic (exact) mass is 413 g/mol. The molecule has 0 aliphatic rings. The number of halogens is 1. The number of carbonyl (C=O) groups is 3. The van der Waals surface area contributed by atoms with Crippen LogP contribution in [0.15, 0.2) is 24.3 Å². The number of aliphatic hydroxyl groups is 1. The average molecular weight is 414 g/mol. The molecule has 0 spiro atoms. The minimum atomic E-state index is -2.10. The van der Waals surface area contributed by atoms with Crippen molar-refractivity contribution < 1.29 is 24.7 Å². The molecule has 0 saturated heterocycles. The van der Waals surface area contributed by atoms with Gasteiger partial charge >= 0.3 is 0 Å². The summed E-state index contributed by atoms with van der Waals surface area (Å²) in [6, 6.07) is 5.82. The van der Waals surface area contributed by atoms with Gasteiger partial charge in [0.25, 0.3) is 5.91 Å². The topological polar surface area (TPSA) is 128 Å². The maximum atomic E-state index is 12.9. The van der Waals surface area contributed by atoms with Gasteiger partial charge in [0, 0.05) is 18.5 Å². The third-order valence-electron chi connectivity index (χ3n) is 4.55. The lowest BCUT2D eigenvalue weighted by atomic mass is 9.80. The summed E-state index contributed by atoms with van der Waals surface area (Å²) in [5.41, 5.74) is 0.113. The van der Waals surface area contributed by atoms with Crippen LogP contribution in [0.4, 0.5) is 0 Å². The van der Waals surface area contributed by atoms with Gasteiger partial charge in [0.05, 0.1) is 5.92 Å². The Morgan fingerprint density at radius 1 is 1.11 bits per heavy atom. The number of rotatable bonds is 9. The summed E-state index contributed by atoms with van der Waals surface area (Å²) >= 11 is 5.87. The van der Waals surface area contributed by atoms with E-state index in [1.54, 1.807) is 38.1 Å². The number of nitrogens with one attached hydrogen (secondary N) is 3. The van der Waals surface area contributed by atoms with Crippen molar-refractivity contribution in [2.75, 3.05) is 7.05 Å². The number of hydroxylamine groups is 1. The predicted octanol–water partition coefficient (Wildman–Crippen LogP) is 1.03. The van der Waals surface area contributed by atoms with Gasteiger partial charge in [0.2, 0.25) is 11.8 Å². The highest BCUT2D eigenvalue weighted by atomic mass is 35.5. The molecule has 1 rings (SSSR count). The van der Waals surface area contributed by atoms with Gasteiger partial charge in [-0.05, 0) is 30.0 Å². The van der Waals surface area contributed by atoms with Gasteiger partial charge in [-0.25, -0.2) is 5.48 Å². The van der Waals surface area contributed by atoms with Gasteiger partial charge < -0.3 is 15.7 Å². The molecule has 0 radical (unpaired) electrons. The third kappa shape index (κ3) is 6.19. The highest BCUT2D eigenvalue weighted by Gasteiger charge is 2.46. The van der Waals surface area contributed by atoms with Gasteiger partial charge in [-0.3, -0.25) is 19.6 Å². The molecule has 5 N–H and O–H groups in total. The van der Waals surface area contributed by atoms with E-state index in [0.29, 0.717) is 5.02 Å². The summed E-state index contributed by atoms with van der Waals surface area (Å²) in [6.45, 7) is 4.90. The number of likely N-dealkylation sites (N-methyl/N-ethyl adjacent to an activating group) is 1. The highest BCUT2D eigenvalue weighted by Crippen LogP contribution is 2.27. The molecule has 0 heterocycles. The van der Waals surface area contributed by atoms with E-state index in [1.807, 2.05) is 0 Å². The molecule has 1 aromatic rings. The number of hydrogen-bond acceptors (Lipinski definition) is 5.